The molecule has 14 heteroatoms. The van der Waals surface area contributed by atoms with E-state index >= 15 is 0 Å². The fraction of sp³-hybridized carbons (Fsp3) is 0.692. The average Bonchev–Trinajstić information content (AvgIpc) is 2.88. The number of nitrogens with zero attached hydrogens (tertiary/aromatic N) is 1. The lowest BCUT2D eigenvalue weighted by atomic mass is 10.1. The standard InChI is InChI=1S/C13H21N2O10PS/c1-23-10-8(4-6-27(21,22)7-26(18,19)20)25-12(11(10)24-2)15-5-3-9(16)14-13(15)17/h3,5,8,10-12H,4,6-7H2,1-2H3,(H,14,16,17)(H2,18,19,20)/t8-,10-,11-,12-/m1/s1. The number of aromatic nitrogens is 2. The van der Waals surface area contributed by atoms with Crippen LogP contribution in [-0.2, 0) is 28.6 Å². The number of nitrogens with one attached hydrogen (secondary N) is 1. The highest BCUT2D eigenvalue weighted by Gasteiger charge is 2.47. The Labute approximate surface area is 154 Å². The first-order chi connectivity index (χ1) is 12.5. The van der Waals surface area contributed by atoms with E-state index in [2.05, 4.69) is 4.98 Å². The summed E-state index contributed by atoms with van der Waals surface area (Å²) in [6.45, 7) is 0. The number of ether oxygens (including phenoxy) is 3. The summed E-state index contributed by atoms with van der Waals surface area (Å²) < 4.78 is 52.2. The van der Waals surface area contributed by atoms with Gasteiger partial charge in [0.2, 0.25) is 0 Å². The van der Waals surface area contributed by atoms with E-state index in [9.17, 15) is 22.6 Å². The second kappa shape index (κ2) is 8.35. The zero-order valence-electron chi connectivity index (χ0n) is 14.5. The normalized spacial score (nSPS) is 26.4. The minimum Gasteiger partial charge on any atom is -0.376 e. The number of sulfone groups is 1. The third-order valence-corrected chi connectivity index (χ3v) is 7.81. The Kier molecular flexibility index (Phi) is 6.79. The fourth-order valence-electron chi connectivity index (χ4n) is 2.94. The van der Waals surface area contributed by atoms with Crippen LogP contribution in [0.3, 0.4) is 0 Å². The predicted molar refractivity (Wildman–Crippen MR) is 92.1 cm³/mol. The van der Waals surface area contributed by atoms with Gasteiger partial charge in [-0.3, -0.25) is 18.9 Å². The topological polar surface area (TPSA) is 174 Å². The molecule has 0 saturated carbocycles. The van der Waals surface area contributed by atoms with Crippen LogP contribution in [0.15, 0.2) is 21.9 Å². The molecule has 12 nitrogen and oxygen atoms in total. The summed E-state index contributed by atoms with van der Waals surface area (Å²) in [4.78, 5) is 43.0. The Morgan fingerprint density at radius 2 is 1.89 bits per heavy atom. The van der Waals surface area contributed by atoms with Gasteiger partial charge in [0.1, 0.15) is 12.2 Å². The maximum absolute atomic E-state index is 12.0. The van der Waals surface area contributed by atoms with Crippen molar-refractivity contribution in [3.8, 4) is 0 Å². The van der Waals surface area contributed by atoms with Crippen molar-refractivity contribution in [2.24, 2.45) is 0 Å². The Bertz CT molecular complexity index is 920. The molecule has 2 heterocycles. The predicted octanol–water partition coefficient (Wildman–Crippen LogP) is -1.60. The largest absolute Gasteiger partial charge is 0.376 e. The molecule has 0 aromatic carbocycles. The van der Waals surface area contributed by atoms with Crippen LogP contribution >= 0.6 is 7.60 Å². The van der Waals surface area contributed by atoms with E-state index in [1.165, 1.54) is 20.4 Å². The summed E-state index contributed by atoms with van der Waals surface area (Å²) in [5, 5.41) is 0. The lowest BCUT2D eigenvalue weighted by Gasteiger charge is -2.22. The summed E-state index contributed by atoms with van der Waals surface area (Å²) >= 11 is 0. The average molecular weight is 428 g/mol. The summed E-state index contributed by atoms with van der Waals surface area (Å²) in [5.74, 6) is -0.549. The van der Waals surface area contributed by atoms with E-state index in [0.717, 1.165) is 10.6 Å². The van der Waals surface area contributed by atoms with E-state index in [1.54, 1.807) is 0 Å². The number of rotatable bonds is 8. The molecule has 0 spiro atoms. The molecule has 4 atom stereocenters. The highest BCUT2D eigenvalue weighted by Crippen LogP contribution is 2.37. The van der Waals surface area contributed by atoms with Crippen LogP contribution in [-0.4, -0.2) is 71.5 Å². The Balaban J connectivity index is 2.22. The summed E-state index contributed by atoms with van der Waals surface area (Å²) in [7, 11) is -6.04. The quantitative estimate of drug-likeness (QED) is 0.409. The van der Waals surface area contributed by atoms with Gasteiger partial charge in [0.15, 0.2) is 21.6 Å². The van der Waals surface area contributed by atoms with E-state index in [4.69, 9.17) is 24.0 Å². The van der Waals surface area contributed by atoms with E-state index < -0.39 is 64.5 Å². The lowest BCUT2D eigenvalue weighted by Crippen LogP contribution is -2.39. The summed E-state index contributed by atoms with van der Waals surface area (Å²) in [6, 6.07) is 1.12. The molecule has 0 bridgehead atoms. The van der Waals surface area contributed by atoms with Crippen LogP contribution in [0, 0.1) is 0 Å². The van der Waals surface area contributed by atoms with Crippen LogP contribution in [0.4, 0.5) is 0 Å². The molecule has 0 amide bonds. The van der Waals surface area contributed by atoms with Gasteiger partial charge in [0.25, 0.3) is 5.56 Å². The van der Waals surface area contributed by atoms with Gasteiger partial charge >= 0.3 is 13.3 Å². The fourth-order valence-corrected chi connectivity index (χ4v) is 6.10. The van der Waals surface area contributed by atoms with Gasteiger partial charge in [0.05, 0.1) is 11.9 Å². The minimum atomic E-state index is -4.72. The second-order valence-electron chi connectivity index (χ2n) is 6.01. The van der Waals surface area contributed by atoms with Crippen molar-refractivity contribution in [2.45, 2.75) is 31.0 Å². The minimum absolute atomic E-state index is 0.130. The van der Waals surface area contributed by atoms with E-state index in [1.807, 2.05) is 0 Å². The molecule has 1 aromatic heterocycles. The molecule has 0 radical (unpaired) electrons. The third kappa shape index (κ3) is 5.57. The van der Waals surface area contributed by atoms with Crippen molar-refractivity contribution >= 4 is 17.4 Å². The Morgan fingerprint density at radius 1 is 1.26 bits per heavy atom. The van der Waals surface area contributed by atoms with Gasteiger partial charge in [0, 0.05) is 26.5 Å². The number of hydrogen-bond acceptors (Lipinski definition) is 8. The molecular formula is C13H21N2O10PS. The molecule has 0 unspecified atom stereocenters. The second-order valence-corrected chi connectivity index (χ2v) is 10.3. The third-order valence-electron chi connectivity index (χ3n) is 4.03. The van der Waals surface area contributed by atoms with Crippen LogP contribution in [0.2, 0.25) is 0 Å². The number of methoxy groups -OCH3 is 2. The van der Waals surface area contributed by atoms with Crippen molar-refractivity contribution in [1.29, 1.82) is 0 Å². The highest BCUT2D eigenvalue weighted by atomic mass is 32.2. The van der Waals surface area contributed by atoms with Gasteiger partial charge in [-0.15, -0.1) is 0 Å². The van der Waals surface area contributed by atoms with Crippen LogP contribution in [0.25, 0.3) is 0 Å². The molecule has 1 saturated heterocycles. The highest BCUT2D eigenvalue weighted by molar-refractivity contribution is 7.97. The summed E-state index contributed by atoms with van der Waals surface area (Å²) in [5.41, 5.74) is -2.59. The van der Waals surface area contributed by atoms with Crippen LogP contribution in [0.5, 0.6) is 0 Å². The van der Waals surface area contributed by atoms with Crippen molar-refractivity contribution in [3.05, 3.63) is 33.1 Å². The van der Waals surface area contributed by atoms with Crippen LogP contribution in [0.1, 0.15) is 12.6 Å². The van der Waals surface area contributed by atoms with Crippen molar-refractivity contribution in [3.63, 3.8) is 0 Å². The van der Waals surface area contributed by atoms with Gasteiger partial charge < -0.3 is 24.0 Å². The number of hydrogen-bond donors (Lipinski definition) is 3. The first kappa shape index (κ1) is 22.0. The zero-order chi connectivity index (χ0) is 20.4. The molecule has 1 aromatic rings. The first-order valence-corrected chi connectivity index (χ1v) is 11.4. The van der Waals surface area contributed by atoms with Crippen molar-refractivity contribution < 1.29 is 37.0 Å². The van der Waals surface area contributed by atoms with Gasteiger partial charge in [-0.1, -0.05) is 0 Å². The summed E-state index contributed by atoms with van der Waals surface area (Å²) in [6.07, 6.45) is -2.25. The van der Waals surface area contributed by atoms with E-state index in [0.29, 0.717) is 0 Å². The smallest absolute Gasteiger partial charge is 0.340 e. The molecule has 154 valence electrons. The molecule has 1 fully saturated rings. The van der Waals surface area contributed by atoms with E-state index in [-0.39, 0.29) is 6.42 Å². The number of aromatic amines is 1. The maximum Gasteiger partial charge on any atom is 0.340 e. The van der Waals surface area contributed by atoms with Gasteiger partial charge in [-0.05, 0) is 6.42 Å². The Morgan fingerprint density at radius 3 is 2.41 bits per heavy atom. The SMILES string of the molecule is CO[C@@H]1[C@H](OC)[C@@H](CCS(=O)(=O)CP(=O)(O)O)O[C@H]1n1ccc(=O)[nH]c1=O. The lowest BCUT2D eigenvalue weighted by molar-refractivity contribution is -0.0558. The Hall–Kier alpha value is -1.34. The molecule has 1 aliphatic rings. The van der Waals surface area contributed by atoms with Crippen LogP contribution < -0.4 is 11.2 Å². The zero-order valence-corrected chi connectivity index (χ0v) is 16.3. The molecule has 27 heavy (non-hydrogen) atoms. The molecular weight excluding hydrogens is 407 g/mol. The van der Waals surface area contributed by atoms with Crippen molar-refractivity contribution in [2.75, 3.05) is 25.5 Å². The molecule has 0 aliphatic carbocycles. The number of H-pyrrole nitrogens is 1. The molecule has 1 aliphatic heterocycles. The monoisotopic (exact) mass is 428 g/mol. The van der Waals surface area contributed by atoms with Gasteiger partial charge in [-0.2, -0.15) is 0 Å². The first-order valence-electron chi connectivity index (χ1n) is 7.75. The molecule has 2 rings (SSSR count). The maximum atomic E-state index is 12.0. The van der Waals surface area contributed by atoms with Gasteiger partial charge in [-0.25, -0.2) is 13.2 Å². The van der Waals surface area contributed by atoms with Crippen molar-refractivity contribution in [1.82, 2.24) is 9.55 Å². The molecule has 3 N–H and O–H groups in total.